The predicted molar refractivity (Wildman–Crippen MR) is 93.3 cm³/mol. The van der Waals surface area contributed by atoms with Crippen LogP contribution in [-0.2, 0) is 0 Å². The van der Waals surface area contributed by atoms with Gasteiger partial charge in [-0.1, -0.05) is 45.0 Å². The Morgan fingerprint density at radius 3 is 2.73 bits per heavy atom. The van der Waals surface area contributed by atoms with Gasteiger partial charge in [-0.05, 0) is 42.7 Å². The average molecular weight is 299 g/mol. The van der Waals surface area contributed by atoms with Gasteiger partial charge in [-0.2, -0.15) is 0 Å². The van der Waals surface area contributed by atoms with Crippen molar-refractivity contribution in [3.05, 3.63) is 35.4 Å². The van der Waals surface area contributed by atoms with Gasteiger partial charge >= 0.3 is 0 Å². The van der Waals surface area contributed by atoms with Gasteiger partial charge in [0, 0.05) is 6.54 Å². The minimum Gasteiger partial charge on any atom is -0.350 e. The van der Waals surface area contributed by atoms with Gasteiger partial charge in [0.2, 0.25) is 0 Å². The van der Waals surface area contributed by atoms with E-state index in [1.165, 1.54) is 24.0 Å². The van der Waals surface area contributed by atoms with Crippen LogP contribution in [0.3, 0.4) is 0 Å². The van der Waals surface area contributed by atoms with Crippen molar-refractivity contribution < 1.29 is 0 Å². The number of hydrogen-bond acceptors (Lipinski definition) is 3. The summed E-state index contributed by atoms with van der Waals surface area (Å²) in [5.41, 5.74) is 2.76. The Morgan fingerprint density at radius 1 is 1.18 bits per heavy atom. The highest BCUT2D eigenvalue weighted by atomic mass is 15.4. The molecule has 0 radical (unpaired) electrons. The molecule has 2 heterocycles. The molecule has 0 spiro atoms. The number of benzene rings is 1. The molecule has 120 valence electrons. The summed E-state index contributed by atoms with van der Waals surface area (Å²) in [5.74, 6) is 2.46. The Labute approximate surface area is 134 Å². The fourth-order valence-electron chi connectivity index (χ4n) is 3.53. The minimum absolute atomic E-state index is 0.299. The maximum absolute atomic E-state index is 4.77. The van der Waals surface area contributed by atoms with Crippen LogP contribution in [0.15, 0.2) is 29.3 Å². The Hall–Kier alpha value is -1.51. The third-order valence-corrected chi connectivity index (χ3v) is 5.09. The fourth-order valence-corrected chi connectivity index (χ4v) is 3.53. The minimum atomic E-state index is 0.299. The first-order chi connectivity index (χ1) is 10.5. The summed E-state index contributed by atoms with van der Waals surface area (Å²) in [6.07, 6.45) is 2.63. The van der Waals surface area contributed by atoms with Crippen LogP contribution in [0.5, 0.6) is 0 Å². The summed E-state index contributed by atoms with van der Waals surface area (Å²) in [7, 11) is 0. The van der Waals surface area contributed by atoms with Crippen LogP contribution in [0.1, 0.15) is 63.6 Å². The monoisotopic (exact) mass is 299 g/mol. The Balaban J connectivity index is 1.69. The molecule has 22 heavy (non-hydrogen) atoms. The van der Waals surface area contributed by atoms with Crippen LogP contribution in [0.2, 0.25) is 0 Å². The molecule has 3 unspecified atom stereocenters. The van der Waals surface area contributed by atoms with Gasteiger partial charge in [0.25, 0.3) is 0 Å². The number of aliphatic imine (C=N–C) groups is 1. The van der Waals surface area contributed by atoms with Crippen LogP contribution < -0.4 is 5.32 Å². The lowest BCUT2D eigenvalue weighted by atomic mass is 9.95. The molecule has 3 nitrogen and oxygen atoms in total. The lowest BCUT2D eigenvalue weighted by Crippen LogP contribution is -2.48. The molecular formula is C19H29N3. The number of piperidine rings is 1. The van der Waals surface area contributed by atoms with Gasteiger partial charge in [-0.25, -0.2) is 0 Å². The van der Waals surface area contributed by atoms with Crippen LogP contribution in [0, 0.1) is 5.92 Å². The predicted octanol–water partition coefficient (Wildman–Crippen LogP) is 3.93. The van der Waals surface area contributed by atoms with Crippen molar-refractivity contribution in [2.45, 2.75) is 58.5 Å². The zero-order chi connectivity index (χ0) is 15.7. The molecule has 0 bridgehead atoms. The van der Waals surface area contributed by atoms with E-state index in [1.807, 2.05) is 0 Å². The number of fused-ring (bicyclic) bond motifs is 1. The lowest BCUT2D eigenvalue weighted by Gasteiger charge is -2.36. The molecule has 3 rings (SSSR count). The van der Waals surface area contributed by atoms with Crippen molar-refractivity contribution in [3.63, 3.8) is 0 Å². The van der Waals surface area contributed by atoms with Crippen molar-refractivity contribution in [2.75, 3.05) is 13.1 Å². The highest BCUT2D eigenvalue weighted by Gasteiger charge is 2.33. The number of guanidine groups is 1. The quantitative estimate of drug-likeness (QED) is 0.915. The second-order valence-corrected chi connectivity index (χ2v) is 7.34. The molecule has 0 saturated carbocycles. The largest absolute Gasteiger partial charge is 0.350 e. The van der Waals surface area contributed by atoms with Gasteiger partial charge in [-0.15, -0.1) is 0 Å². The van der Waals surface area contributed by atoms with E-state index in [0.717, 1.165) is 25.0 Å². The van der Waals surface area contributed by atoms with E-state index in [4.69, 9.17) is 4.99 Å². The molecule has 1 fully saturated rings. The number of rotatable bonds is 3. The summed E-state index contributed by atoms with van der Waals surface area (Å²) in [5, 5.41) is 3.66. The van der Waals surface area contributed by atoms with Crippen LogP contribution in [-0.4, -0.2) is 30.0 Å². The first-order valence-corrected chi connectivity index (χ1v) is 8.72. The normalized spacial score (nSPS) is 25.9. The van der Waals surface area contributed by atoms with Crippen molar-refractivity contribution in [2.24, 2.45) is 10.9 Å². The zero-order valence-corrected chi connectivity index (χ0v) is 14.3. The summed E-state index contributed by atoms with van der Waals surface area (Å²) in [6.45, 7) is 11.2. The summed E-state index contributed by atoms with van der Waals surface area (Å²) in [4.78, 5) is 7.27. The lowest BCUT2D eigenvalue weighted by molar-refractivity contribution is 0.210. The van der Waals surface area contributed by atoms with Gasteiger partial charge in [-0.3, -0.25) is 4.99 Å². The summed E-state index contributed by atoms with van der Waals surface area (Å²) >= 11 is 0. The van der Waals surface area contributed by atoms with E-state index in [0.29, 0.717) is 18.0 Å². The van der Waals surface area contributed by atoms with Crippen molar-refractivity contribution in [1.82, 2.24) is 10.2 Å². The van der Waals surface area contributed by atoms with E-state index < -0.39 is 0 Å². The maximum atomic E-state index is 4.77. The molecule has 3 atom stereocenters. The van der Waals surface area contributed by atoms with Crippen molar-refractivity contribution in [1.29, 1.82) is 0 Å². The molecule has 2 aliphatic heterocycles. The van der Waals surface area contributed by atoms with E-state index in [1.54, 1.807) is 0 Å². The Morgan fingerprint density at radius 2 is 1.95 bits per heavy atom. The van der Waals surface area contributed by atoms with Gasteiger partial charge in [0.05, 0.1) is 18.6 Å². The molecule has 1 N–H and O–H groups in total. The smallest absolute Gasteiger partial charge is 0.194 e. The average Bonchev–Trinajstić information content (AvgIpc) is 2.89. The number of nitrogens with one attached hydrogen (secondary N) is 1. The first kappa shape index (κ1) is 15.4. The third-order valence-electron chi connectivity index (χ3n) is 5.09. The molecule has 0 amide bonds. The maximum Gasteiger partial charge on any atom is 0.194 e. The van der Waals surface area contributed by atoms with Gasteiger partial charge in [0.15, 0.2) is 5.96 Å². The summed E-state index contributed by atoms with van der Waals surface area (Å²) in [6, 6.07) is 9.87. The molecule has 2 aliphatic rings. The number of nitrogens with zero attached hydrogens (tertiary/aromatic N) is 2. The Bertz CT molecular complexity index is 549. The molecular weight excluding hydrogens is 270 g/mol. The molecule has 0 aromatic heterocycles. The zero-order valence-electron chi connectivity index (χ0n) is 14.3. The van der Waals surface area contributed by atoms with E-state index in [-0.39, 0.29) is 0 Å². The molecule has 1 aromatic carbocycles. The molecule has 3 heteroatoms. The standard InChI is InChI=1S/C19H29N3/c1-13(2)16-6-5-7-17(10-16)15(4)21-19-20-11-18-9-8-14(3)12-22(18)19/h5-7,10,13-15,18H,8-9,11-12H2,1-4H3,(H,20,21). The molecule has 0 aliphatic carbocycles. The Kier molecular flexibility index (Phi) is 4.42. The fraction of sp³-hybridized carbons (Fsp3) is 0.632. The third kappa shape index (κ3) is 3.13. The first-order valence-electron chi connectivity index (χ1n) is 8.72. The number of hydrogen-bond donors (Lipinski definition) is 1. The van der Waals surface area contributed by atoms with Crippen molar-refractivity contribution >= 4 is 5.96 Å². The summed E-state index contributed by atoms with van der Waals surface area (Å²) < 4.78 is 0. The molecule has 1 saturated heterocycles. The van der Waals surface area contributed by atoms with Gasteiger partial charge < -0.3 is 10.2 Å². The second kappa shape index (κ2) is 6.31. The van der Waals surface area contributed by atoms with E-state index >= 15 is 0 Å². The van der Waals surface area contributed by atoms with Crippen LogP contribution >= 0.6 is 0 Å². The topological polar surface area (TPSA) is 27.6 Å². The van der Waals surface area contributed by atoms with Crippen LogP contribution in [0.4, 0.5) is 0 Å². The highest BCUT2D eigenvalue weighted by molar-refractivity contribution is 5.82. The van der Waals surface area contributed by atoms with E-state index in [2.05, 4.69) is 62.2 Å². The molecule has 1 aromatic rings. The van der Waals surface area contributed by atoms with Crippen molar-refractivity contribution in [3.8, 4) is 0 Å². The van der Waals surface area contributed by atoms with Crippen LogP contribution in [0.25, 0.3) is 0 Å². The SMILES string of the molecule is CC1CCC2CN=C(NC(C)c3cccc(C(C)C)c3)N2C1. The van der Waals surface area contributed by atoms with E-state index in [9.17, 15) is 0 Å². The van der Waals surface area contributed by atoms with Gasteiger partial charge in [0.1, 0.15) is 0 Å². The second-order valence-electron chi connectivity index (χ2n) is 7.34. The highest BCUT2D eigenvalue weighted by Crippen LogP contribution is 2.26.